The van der Waals surface area contributed by atoms with Crippen molar-refractivity contribution in [1.82, 2.24) is 0 Å². The van der Waals surface area contributed by atoms with E-state index in [0.717, 1.165) is 18.4 Å². The van der Waals surface area contributed by atoms with E-state index in [-0.39, 0.29) is 6.04 Å². The van der Waals surface area contributed by atoms with Gasteiger partial charge in [-0.25, -0.2) is 0 Å². The molecule has 0 saturated carbocycles. The Balaban J connectivity index is 2.10. The maximum absolute atomic E-state index is 5.97. The fourth-order valence-corrected chi connectivity index (χ4v) is 1.48. The van der Waals surface area contributed by atoms with Crippen molar-refractivity contribution in [2.45, 2.75) is 38.1 Å². The lowest BCUT2D eigenvalue weighted by molar-refractivity contribution is 0.542. The van der Waals surface area contributed by atoms with E-state index in [2.05, 4.69) is 6.58 Å². The Hall–Kier alpha value is -1.02. The Kier molecular flexibility index (Phi) is 5.08. The molecule has 0 fully saturated rings. The van der Waals surface area contributed by atoms with Gasteiger partial charge in [0.15, 0.2) is 0 Å². The molecule has 1 atom stereocenters. The number of allylic oxidation sites excluding steroid dienone is 1. The van der Waals surface area contributed by atoms with Gasteiger partial charge in [0.1, 0.15) is 0 Å². The second-order valence-electron chi connectivity index (χ2n) is 3.59. The molecule has 1 heterocycles. The second-order valence-corrected chi connectivity index (χ2v) is 3.59. The average Bonchev–Trinajstić information content (AvgIpc) is 2.70. The van der Waals surface area contributed by atoms with Gasteiger partial charge in [0.25, 0.3) is 0 Å². The van der Waals surface area contributed by atoms with Crippen molar-refractivity contribution in [1.29, 1.82) is 0 Å². The molecule has 0 bridgehead atoms. The molecule has 2 N–H and O–H groups in total. The van der Waals surface area contributed by atoms with Gasteiger partial charge in [0, 0.05) is 11.6 Å². The Bertz CT molecular complexity index is 241. The van der Waals surface area contributed by atoms with Gasteiger partial charge in [-0.2, -0.15) is 0 Å². The lowest BCUT2D eigenvalue weighted by atomic mass is 10.0. The van der Waals surface area contributed by atoms with Crippen LogP contribution in [0.5, 0.6) is 0 Å². The third kappa shape index (κ3) is 3.79. The molecule has 2 heteroatoms. The maximum atomic E-state index is 5.97. The lowest BCUT2D eigenvalue weighted by Crippen LogP contribution is -2.08. The zero-order valence-corrected chi connectivity index (χ0v) is 8.61. The molecule has 0 aliphatic rings. The summed E-state index contributed by atoms with van der Waals surface area (Å²) in [6, 6.07) is 2.08. The van der Waals surface area contributed by atoms with Gasteiger partial charge < -0.3 is 10.2 Å². The monoisotopic (exact) mass is 193 g/mol. The summed E-state index contributed by atoms with van der Waals surface area (Å²) < 4.78 is 4.99. The summed E-state index contributed by atoms with van der Waals surface area (Å²) in [5.74, 6) is 0. The summed E-state index contributed by atoms with van der Waals surface area (Å²) in [6.07, 6.45) is 11.2. The topological polar surface area (TPSA) is 39.2 Å². The van der Waals surface area contributed by atoms with Crippen LogP contribution in [0.1, 0.15) is 43.7 Å². The van der Waals surface area contributed by atoms with Crippen LogP contribution in [0.4, 0.5) is 0 Å². The van der Waals surface area contributed by atoms with E-state index in [1.165, 1.54) is 19.3 Å². The molecular formula is C12H19NO. The highest BCUT2D eigenvalue weighted by atomic mass is 16.3. The average molecular weight is 193 g/mol. The highest BCUT2D eigenvalue weighted by molar-refractivity contribution is 5.10. The Morgan fingerprint density at radius 1 is 1.43 bits per heavy atom. The molecule has 1 unspecified atom stereocenters. The number of rotatable bonds is 7. The predicted molar refractivity (Wildman–Crippen MR) is 58.9 cm³/mol. The summed E-state index contributed by atoms with van der Waals surface area (Å²) >= 11 is 0. The van der Waals surface area contributed by atoms with Crippen LogP contribution in [0.25, 0.3) is 0 Å². The lowest BCUT2D eigenvalue weighted by Gasteiger charge is -2.08. The fraction of sp³-hybridized carbons (Fsp3) is 0.500. The minimum atomic E-state index is 0.137. The van der Waals surface area contributed by atoms with Gasteiger partial charge in [-0.3, -0.25) is 0 Å². The van der Waals surface area contributed by atoms with Crippen molar-refractivity contribution in [3.63, 3.8) is 0 Å². The Morgan fingerprint density at radius 2 is 2.29 bits per heavy atom. The van der Waals surface area contributed by atoms with Crippen molar-refractivity contribution < 1.29 is 4.42 Å². The summed E-state index contributed by atoms with van der Waals surface area (Å²) in [7, 11) is 0. The molecule has 2 nitrogen and oxygen atoms in total. The van der Waals surface area contributed by atoms with Crippen molar-refractivity contribution in [3.8, 4) is 0 Å². The van der Waals surface area contributed by atoms with Gasteiger partial charge in [-0.05, 0) is 25.3 Å². The predicted octanol–water partition coefficient (Wildman–Crippen LogP) is 3.42. The highest BCUT2D eigenvalue weighted by Gasteiger charge is 2.05. The standard InChI is InChI=1S/C12H19NO/c1-2-3-4-5-6-7-12(13)11-8-9-14-10-11/h2,8-10,12H,1,3-7,13H2. The smallest absolute Gasteiger partial charge is 0.0950 e. The molecule has 0 aliphatic heterocycles. The molecule has 1 aromatic rings. The normalized spacial score (nSPS) is 12.6. The van der Waals surface area contributed by atoms with E-state index in [0.29, 0.717) is 0 Å². The quantitative estimate of drug-likeness (QED) is 0.532. The number of hydrogen-bond acceptors (Lipinski definition) is 2. The molecule has 0 spiro atoms. The summed E-state index contributed by atoms with van der Waals surface area (Å²) in [5, 5.41) is 0. The van der Waals surface area contributed by atoms with Gasteiger partial charge >= 0.3 is 0 Å². The molecule has 1 rings (SSSR count). The van der Waals surface area contributed by atoms with E-state index in [1.54, 1.807) is 12.5 Å². The molecule has 1 aromatic heterocycles. The van der Waals surface area contributed by atoms with E-state index < -0.39 is 0 Å². The van der Waals surface area contributed by atoms with Gasteiger partial charge in [0.2, 0.25) is 0 Å². The van der Waals surface area contributed by atoms with E-state index in [4.69, 9.17) is 10.2 Å². The highest BCUT2D eigenvalue weighted by Crippen LogP contribution is 2.17. The Morgan fingerprint density at radius 3 is 2.93 bits per heavy atom. The first-order valence-electron chi connectivity index (χ1n) is 5.23. The maximum Gasteiger partial charge on any atom is 0.0950 e. The largest absolute Gasteiger partial charge is 0.472 e. The number of nitrogens with two attached hydrogens (primary N) is 1. The zero-order valence-electron chi connectivity index (χ0n) is 8.61. The fourth-order valence-electron chi connectivity index (χ4n) is 1.48. The van der Waals surface area contributed by atoms with E-state index in [1.807, 2.05) is 12.1 Å². The number of furan rings is 1. The van der Waals surface area contributed by atoms with Gasteiger partial charge in [0.05, 0.1) is 12.5 Å². The molecule has 78 valence electrons. The first-order valence-corrected chi connectivity index (χ1v) is 5.23. The number of hydrogen-bond donors (Lipinski definition) is 1. The van der Waals surface area contributed by atoms with Crippen molar-refractivity contribution in [2.75, 3.05) is 0 Å². The van der Waals surface area contributed by atoms with E-state index in [9.17, 15) is 0 Å². The molecule has 0 saturated heterocycles. The third-order valence-corrected chi connectivity index (χ3v) is 2.39. The zero-order chi connectivity index (χ0) is 10.2. The third-order valence-electron chi connectivity index (χ3n) is 2.39. The Labute approximate surface area is 85.8 Å². The molecular weight excluding hydrogens is 174 g/mol. The van der Waals surface area contributed by atoms with Crippen molar-refractivity contribution >= 4 is 0 Å². The van der Waals surface area contributed by atoms with Crippen LogP contribution in [-0.4, -0.2) is 0 Å². The summed E-state index contributed by atoms with van der Waals surface area (Å²) in [5.41, 5.74) is 7.08. The van der Waals surface area contributed by atoms with Gasteiger partial charge in [-0.15, -0.1) is 6.58 Å². The summed E-state index contributed by atoms with van der Waals surface area (Å²) in [6.45, 7) is 3.70. The first kappa shape index (κ1) is 11.1. The molecule has 0 radical (unpaired) electrons. The molecule has 0 aromatic carbocycles. The van der Waals surface area contributed by atoms with Crippen molar-refractivity contribution in [2.24, 2.45) is 5.73 Å². The first-order chi connectivity index (χ1) is 6.84. The molecule has 0 amide bonds. The minimum absolute atomic E-state index is 0.137. The van der Waals surface area contributed by atoms with Crippen LogP contribution in [0.3, 0.4) is 0 Å². The van der Waals surface area contributed by atoms with E-state index >= 15 is 0 Å². The van der Waals surface area contributed by atoms with Crippen LogP contribution < -0.4 is 5.73 Å². The number of unbranched alkanes of at least 4 members (excludes halogenated alkanes) is 3. The van der Waals surface area contributed by atoms with Gasteiger partial charge in [-0.1, -0.05) is 18.9 Å². The van der Waals surface area contributed by atoms with Crippen LogP contribution in [-0.2, 0) is 0 Å². The second kappa shape index (κ2) is 6.44. The van der Waals surface area contributed by atoms with Crippen molar-refractivity contribution in [3.05, 3.63) is 36.8 Å². The SMILES string of the molecule is C=CCCCCCC(N)c1ccoc1. The molecule has 0 aliphatic carbocycles. The summed E-state index contributed by atoms with van der Waals surface area (Å²) in [4.78, 5) is 0. The molecule has 14 heavy (non-hydrogen) atoms. The van der Waals surface area contributed by atoms with Crippen LogP contribution in [0.15, 0.2) is 35.7 Å². The van der Waals surface area contributed by atoms with Crippen LogP contribution in [0.2, 0.25) is 0 Å². The van der Waals surface area contributed by atoms with Crippen LogP contribution >= 0.6 is 0 Å². The van der Waals surface area contributed by atoms with Crippen LogP contribution in [0, 0.1) is 0 Å². The minimum Gasteiger partial charge on any atom is -0.472 e.